The Morgan fingerprint density at radius 2 is 1.61 bits per heavy atom. The van der Waals surface area contributed by atoms with E-state index in [0.29, 0.717) is 19.6 Å². The van der Waals surface area contributed by atoms with Crippen molar-refractivity contribution >= 4 is 0 Å². The predicted molar refractivity (Wildman–Crippen MR) is 70.5 cm³/mol. The van der Waals surface area contributed by atoms with Gasteiger partial charge in [0.05, 0.1) is 12.7 Å². The minimum atomic E-state index is -0.569. The average Bonchev–Trinajstić information content (AvgIpc) is 2.38. The normalized spacial score (nSPS) is 10.8. The van der Waals surface area contributed by atoms with E-state index >= 15 is 0 Å². The monoisotopic (exact) mass is 270 g/mol. The van der Waals surface area contributed by atoms with E-state index in [1.165, 1.54) is 0 Å². The Labute approximate surface area is 110 Å². The van der Waals surface area contributed by atoms with Crippen LogP contribution in [0.5, 0.6) is 0 Å². The van der Waals surface area contributed by atoms with Gasteiger partial charge in [0, 0.05) is 34.5 Å². The van der Waals surface area contributed by atoms with Crippen molar-refractivity contribution in [1.82, 2.24) is 0 Å². The van der Waals surface area contributed by atoms with Crippen LogP contribution in [-0.2, 0) is 14.2 Å². The van der Waals surface area contributed by atoms with Crippen LogP contribution in [0.1, 0.15) is 26.2 Å². The summed E-state index contributed by atoms with van der Waals surface area (Å²) in [7, 11) is 4.87. The first-order chi connectivity index (χ1) is 8.64. The summed E-state index contributed by atoms with van der Waals surface area (Å²) in [5.41, 5.74) is 0. The Bertz CT molecular complexity index is 109. The minimum absolute atomic E-state index is 0.145. The summed E-state index contributed by atoms with van der Waals surface area (Å²) < 4.78 is 13.5. The second-order valence-electron chi connectivity index (χ2n) is 3.42. The zero-order valence-electron chi connectivity index (χ0n) is 12.1. The van der Waals surface area contributed by atoms with Crippen molar-refractivity contribution in [2.45, 2.75) is 32.3 Å². The Hall–Kier alpha value is -0.240. The molecule has 0 aliphatic carbocycles. The summed E-state index contributed by atoms with van der Waals surface area (Å²) in [6, 6.07) is 0. The highest BCUT2D eigenvalue weighted by atomic mass is 16.6. The maximum atomic E-state index is 8.78. The molecule has 0 saturated heterocycles. The zero-order chi connectivity index (χ0) is 14.6. The number of hydrogen-bond donors (Lipinski definition) is 3. The van der Waals surface area contributed by atoms with Crippen LogP contribution < -0.4 is 0 Å². The molecule has 0 bridgehead atoms. The van der Waals surface area contributed by atoms with Crippen LogP contribution in [0.2, 0.25) is 0 Å². The lowest BCUT2D eigenvalue weighted by Crippen LogP contribution is -2.12. The van der Waals surface area contributed by atoms with E-state index in [1.54, 1.807) is 21.3 Å². The smallest absolute Gasteiger partial charge is 0.143 e. The summed E-state index contributed by atoms with van der Waals surface area (Å²) in [5, 5.41) is 25.1. The van der Waals surface area contributed by atoms with Crippen molar-refractivity contribution in [2.75, 3.05) is 47.9 Å². The number of aliphatic hydroxyl groups is 3. The van der Waals surface area contributed by atoms with Gasteiger partial charge < -0.3 is 29.5 Å². The second-order valence-corrected chi connectivity index (χ2v) is 3.42. The molecule has 6 nitrogen and oxygen atoms in total. The number of aliphatic hydroxyl groups excluding tert-OH is 3. The van der Waals surface area contributed by atoms with Crippen LogP contribution in [0.3, 0.4) is 0 Å². The minimum Gasteiger partial charge on any atom is -0.394 e. The second kappa shape index (κ2) is 25.6. The largest absolute Gasteiger partial charge is 0.394 e. The molecule has 1 unspecified atom stereocenters. The van der Waals surface area contributed by atoms with E-state index in [4.69, 9.17) is 20.1 Å². The SMILES string of the molecule is CCCOCO.COC.COCCCC(O)CO. The number of methoxy groups -OCH3 is 2. The van der Waals surface area contributed by atoms with E-state index in [0.717, 1.165) is 12.8 Å². The molecule has 0 saturated carbocycles. The molecule has 114 valence electrons. The lowest BCUT2D eigenvalue weighted by Gasteiger charge is -2.04. The topological polar surface area (TPSA) is 88.4 Å². The number of ether oxygens (including phenoxy) is 3. The van der Waals surface area contributed by atoms with Gasteiger partial charge in [-0.1, -0.05) is 6.92 Å². The van der Waals surface area contributed by atoms with Gasteiger partial charge >= 0.3 is 0 Å². The molecule has 0 heterocycles. The molecule has 0 rings (SSSR count). The lowest BCUT2D eigenvalue weighted by atomic mass is 10.2. The van der Waals surface area contributed by atoms with Gasteiger partial charge in [-0.05, 0) is 19.3 Å². The van der Waals surface area contributed by atoms with Gasteiger partial charge in [-0.3, -0.25) is 0 Å². The third-order valence-corrected chi connectivity index (χ3v) is 1.54. The molecule has 0 aliphatic heterocycles. The molecule has 0 aliphatic rings. The predicted octanol–water partition coefficient (Wildman–Crippen LogP) is 0.392. The fourth-order valence-corrected chi connectivity index (χ4v) is 0.763. The highest BCUT2D eigenvalue weighted by Crippen LogP contribution is 1.94. The molecule has 0 spiro atoms. The van der Waals surface area contributed by atoms with Gasteiger partial charge in [-0.2, -0.15) is 0 Å². The fraction of sp³-hybridized carbons (Fsp3) is 1.00. The third-order valence-electron chi connectivity index (χ3n) is 1.54. The Morgan fingerprint density at radius 1 is 1.06 bits per heavy atom. The van der Waals surface area contributed by atoms with Crippen LogP contribution in [0.4, 0.5) is 0 Å². The van der Waals surface area contributed by atoms with Crippen LogP contribution in [0.25, 0.3) is 0 Å². The van der Waals surface area contributed by atoms with E-state index < -0.39 is 6.10 Å². The fourth-order valence-electron chi connectivity index (χ4n) is 0.763. The summed E-state index contributed by atoms with van der Waals surface area (Å²) in [6.07, 6.45) is 1.82. The van der Waals surface area contributed by atoms with Crippen molar-refractivity contribution in [3.8, 4) is 0 Å². The van der Waals surface area contributed by atoms with Gasteiger partial charge in [-0.25, -0.2) is 0 Å². The third kappa shape index (κ3) is 36.0. The first-order valence-electron chi connectivity index (χ1n) is 6.01. The van der Waals surface area contributed by atoms with E-state index in [2.05, 4.69) is 9.47 Å². The zero-order valence-corrected chi connectivity index (χ0v) is 12.1. The number of rotatable bonds is 8. The first-order valence-corrected chi connectivity index (χ1v) is 6.01. The van der Waals surface area contributed by atoms with Gasteiger partial charge in [0.15, 0.2) is 0 Å². The van der Waals surface area contributed by atoms with Gasteiger partial charge in [-0.15, -0.1) is 0 Å². The maximum Gasteiger partial charge on any atom is 0.143 e. The van der Waals surface area contributed by atoms with Crippen molar-refractivity contribution in [3.63, 3.8) is 0 Å². The van der Waals surface area contributed by atoms with Gasteiger partial charge in [0.1, 0.15) is 6.79 Å². The molecule has 0 aromatic heterocycles. The molecule has 0 amide bonds. The van der Waals surface area contributed by atoms with E-state index in [1.807, 2.05) is 6.92 Å². The Kier molecular flexibility index (Phi) is 32.5. The van der Waals surface area contributed by atoms with Crippen molar-refractivity contribution in [2.24, 2.45) is 0 Å². The van der Waals surface area contributed by atoms with E-state index in [9.17, 15) is 0 Å². The quantitative estimate of drug-likeness (QED) is 0.437. The van der Waals surface area contributed by atoms with Crippen molar-refractivity contribution in [1.29, 1.82) is 0 Å². The lowest BCUT2D eigenvalue weighted by molar-refractivity contribution is -0.000866. The molecular formula is C12H30O6. The van der Waals surface area contributed by atoms with Crippen LogP contribution in [0, 0.1) is 0 Å². The summed E-state index contributed by atoms with van der Waals surface area (Å²) in [6.45, 7) is 3.01. The highest BCUT2D eigenvalue weighted by molar-refractivity contribution is 4.50. The van der Waals surface area contributed by atoms with Gasteiger partial charge in [0.25, 0.3) is 0 Å². The highest BCUT2D eigenvalue weighted by Gasteiger charge is 1.99. The van der Waals surface area contributed by atoms with Gasteiger partial charge in [0.2, 0.25) is 0 Å². The summed E-state index contributed by atoms with van der Waals surface area (Å²) in [4.78, 5) is 0. The molecule has 6 heteroatoms. The first kappa shape index (κ1) is 22.9. The molecule has 0 aromatic rings. The van der Waals surface area contributed by atoms with E-state index in [-0.39, 0.29) is 13.4 Å². The average molecular weight is 270 g/mol. The van der Waals surface area contributed by atoms with Crippen LogP contribution in [0.15, 0.2) is 0 Å². The van der Waals surface area contributed by atoms with Crippen LogP contribution in [-0.4, -0.2) is 69.4 Å². The van der Waals surface area contributed by atoms with Crippen molar-refractivity contribution in [3.05, 3.63) is 0 Å². The van der Waals surface area contributed by atoms with Crippen molar-refractivity contribution < 1.29 is 29.5 Å². The maximum absolute atomic E-state index is 8.78. The molecule has 18 heavy (non-hydrogen) atoms. The van der Waals surface area contributed by atoms with Crippen LogP contribution >= 0.6 is 0 Å². The standard InChI is InChI=1S/C6H14O3.C4H10O2.C2H6O/c1-9-4-2-3-6(8)5-7;1-2-3-6-4-5;1-3-2/h6-8H,2-5H2,1H3;5H,2-4H2,1H3;1-2H3. The molecule has 3 N–H and O–H groups in total. The summed E-state index contributed by atoms with van der Waals surface area (Å²) >= 11 is 0. The molecule has 0 fully saturated rings. The molecule has 0 aromatic carbocycles. The summed E-state index contributed by atoms with van der Waals surface area (Å²) in [5.74, 6) is 0. The molecule has 1 atom stereocenters. The number of hydrogen-bond acceptors (Lipinski definition) is 6. The molecular weight excluding hydrogens is 240 g/mol. The Balaban J connectivity index is -0.000000216. The molecule has 0 radical (unpaired) electrons. The Morgan fingerprint density at radius 3 is 1.89 bits per heavy atom.